The first-order valence-electron chi connectivity index (χ1n) is 10.7. The molecular weight excluding hydrogens is 460 g/mol. The molecule has 0 saturated carbocycles. The number of nitrogens with one attached hydrogen (secondary N) is 1. The summed E-state index contributed by atoms with van der Waals surface area (Å²) >= 11 is 0. The maximum Gasteiger partial charge on any atom is 0.338 e. The van der Waals surface area contributed by atoms with Gasteiger partial charge in [-0.15, -0.1) is 0 Å². The van der Waals surface area contributed by atoms with Gasteiger partial charge in [0.05, 0.1) is 23.7 Å². The number of nitrogens with zero attached hydrogens (tertiary/aromatic N) is 1. The number of nitro benzene ring substituents is 1. The van der Waals surface area contributed by atoms with E-state index in [2.05, 4.69) is 5.32 Å². The van der Waals surface area contributed by atoms with Crippen LogP contribution in [0, 0.1) is 10.1 Å². The zero-order valence-electron chi connectivity index (χ0n) is 19.6. The van der Waals surface area contributed by atoms with Gasteiger partial charge in [0.25, 0.3) is 0 Å². The summed E-state index contributed by atoms with van der Waals surface area (Å²) in [5.74, 6) is -2.08. The van der Waals surface area contributed by atoms with E-state index in [1.807, 2.05) is 0 Å². The monoisotopic (exact) mass is 486 g/mol. The lowest BCUT2D eigenvalue weighted by atomic mass is 10.1. The van der Waals surface area contributed by atoms with Crippen molar-refractivity contribution in [2.24, 2.45) is 0 Å². The molecule has 0 spiro atoms. The smallest absolute Gasteiger partial charge is 0.338 e. The van der Waals surface area contributed by atoms with Gasteiger partial charge < -0.3 is 19.5 Å². The van der Waals surface area contributed by atoms with Crippen molar-refractivity contribution in [1.82, 2.24) is 0 Å². The molecule has 11 nitrogen and oxygen atoms in total. The maximum atomic E-state index is 12.2. The highest BCUT2D eigenvalue weighted by atomic mass is 16.6. The van der Waals surface area contributed by atoms with Gasteiger partial charge in [-0.25, -0.2) is 4.79 Å². The van der Waals surface area contributed by atoms with E-state index in [0.717, 1.165) is 6.07 Å². The van der Waals surface area contributed by atoms with Crippen molar-refractivity contribution >= 4 is 35.0 Å². The van der Waals surface area contributed by atoms with Crippen LogP contribution in [0.3, 0.4) is 0 Å². The number of ketones is 1. The molecule has 0 aliphatic rings. The molecule has 2 aromatic rings. The molecule has 0 aliphatic heterocycles. The summed E-state index contributed by atoms with van der Waals surface area (Å²) in [6.07, 6.45) is -0.115. The standard InChI is InChI=1S/C24H26N2O9/c1-15(2)35-24(30)16-7-10-18(11-8-16)25-22(28)5-4-6-23(29)34-14-20(27)17-9-12-21(33-3)19(13-17)26(31)32/h7-13,15H,4-6,14H2,1-3H3,(H,25,28). The summed E-state index contributed by atoms with van der Waals surface area (Å²) in [4.78, 5) is 58.4. The fraction of sp³-hybridized carbons (Fsp3) is 0.333. The highest BCUT2D eigenvalue weighted by Gasteiger charge is 2.19. The lowest BCUT2D eigenvalue weighted by molar-refractivity contribution is -0.385. The first kappa shape index (κ1) is 27.0. The van der Waals surface area contributed by atoms with Crippen LogP contribution in [0.5, 0.6) is 5.75 Å². The third-order valence-corrected chi connectivity index (χ3v) is 4.59. The lowest BCUT2D eigenvalue weighted by Crippen LogP contribution is -2.16. The fourth-order valence-electron chi connectivity index (χ4n) is 2.90. The number of carbonyl (C=O) groups is 4. The maximum absolute atomic E-state index is 12.2. The number of benzene rings is 2. The van der Waals surface area contributed by atoms with Crippen LogP contribution >= 0.6 is 0 Å². The number of methoxy groups -OCH3 is 1. The number of hydrogen-bond donors (Lipinski definition) is 1. The number of anilines is 1. The molecule has 2 rings (SSSR count). The number of carbonyl (C=O) groups excluding carboxylic acids is 4. The molecule has 2 aromatic carbocycles. The van der Waals surface area contributed by atoms with Crippen molar-refractivity contribution in [2.45, 2.75) is 39.2 Å². The number of Topliss-reactive ketones (excluding diaryl/α,β-unsaturated/α-hetero) is 1. The third-order valence-electron chi connectivity index (χ3n) is 4.59. The molecule has 0 aromatic heterocycles. The van der Waals surface area contributed by atoms with E-state index in [9.17, 15) is 29.3 Å². The molecule has 0 heterocycles. The number of amides is 1. The number of esters is 2. The van der Waals surface area contributed by atoms with Crippen molar-refractivity contribution < 1.29 is 38.3 Å². The van der Waals surface area contributed by atoms with E-state index in [1.165, 1.54) is 31.4 Å². The highest BCUT2D eigenvalue weighted by Crippen LogP contribution is 2.27. The van der Waals surface area contributed by atoms with Crippen molar-refractivity contribution in [3.8, 4) is 5.75 Å². The summed E-state index contributed by atoms with van der Waals surface area (Å²) < 4.78 is 14.9. The van der Waals surface area contributed by atoms with Crippen LogP contribution in [0.1, 0.15) is 53.8 Å². The van der Waals surface area contributed by atoms with E-state index < -0.39 is 29.3 Å². The van der Waals surface area contributed by atoms with E-state index in [0.29, 0.717) is 11.3 Å². The van der Waals surface area contributed by atoms with Crippen molar-refractivity contribution in [1.29, 1.82) is 0 Å². The molecule has 0 bridgehead atoms. The Kier molecular flexibility index (Phi) is 9.88. The Morgan fingerprint density at radius 1 is 1.00 bits per heavy atom. The molecule has 0 fully saturated rings. The molecular formula is C24H26N2O9. The van der Waals surface area contributed by atoms with Gasteiger partial charge >= 0.3 is 17.6 Å². The second kappa shape index (κ2) is 12.8. The minimum Gasteiger partial charge on any atom is -0.490 e. The Morgan fingerprint density at radius 2 is 1.66 bits per heavy atom. The molecule has 1 N–H and O–H groups in total. The Morgan fingerprint density at radius 3 is 2.26 bits per heavy atom. The largest absolute Gasteiger partial charge is 0.490 e. The van der Waals surface area contributed by atoms with Gasteiger partial charge in [-0.05, 0) is 56.7 Å². The molecule has 35 heavy (non-hydrogen) atoms. The number of rotatable bonds is 12. The minimum absolute atomic E-state index is 0.00592. The van der Waals surface area contributed by atoms with Crippen LogP contribution in [-0.4, -0.2) is 48.4 Å². The van der Waals surface area contributed by atoms with Gasteiger partial charge in [0, 0.05) is 30.2 Å². The Hall–Kier alpha value is -4.28. The molecule has 0 saturated heterocycles. The van der Waals surface area contributed by atoms with Crippen molar-refractivity contribution in [3.63, 3.8) is 0 Å². The van der Waals surface area contributed by atoms with Crippen LogP contribution in [0.25, 0.3) is 0 Å². The summed E-state index contributed by atoms with van der Waals surface area (Å²) in [6, 6.07) is 9.89. The molecule has 11 heteroatoms. The van der Waals surface area contributed by atoms with Crippen molar-refractivity contribution in [2.75, 3.05) is 19.0 Å². The lowest BCUT2D eigenvalue weighted by Gasteiger charge is -2.09. The predicted molar refractivity (Wildman–Crippen MR) is 124 cm³/mol. The minimum atomic E-state index is -0.679. The summed E-state index contributed by atoms with van der Waals surface area (Å²) in [5.41, 5.74) is 0.477. The molecule has 0 aliphatic carbocycles. The molecule has 186 valence electrons. The zero-order chi connectivity index (χ0) is 26.0. The highest BCUT2D eigenvalue weighted by molar-refractivity contribution is 5.99. The quantitative estimate of drug-likeness (QED) is 0.205. The van der Waals surface area contributed by atoms with Crippen LogP contribution in [0.4, 0.5) is 11.4 Å². The van der Waals surface area contributed by atoms with Crippen LogP contribution in [0.2, 0.25) is 0 Å². The SMILES string of the molecule is COc1ccc(C(=O)COC(=O)CCCC(=O)Nc2ccc(C(=O)OC(C)C)cc2)cc1[N+](=O)[O-]. The van der Waals surface area contributed by atoms with Gasteiger partial charge in [0.1, 0.15) is 0 Å². The van der Waals surface area contributed by atoms with Crippen LogP contribution in [0.15, 0.2) is 42.5 Å². The zero-order valence-corrected chi connectivity index (χ0v) is 19.6. The van der Waals surface area contributed by atoms with Gasteiger partial charge in [0.15, 0.2) is 12.4 Å². The number of ether oxygens (including phenoxy) is 3. The van der Waals surface area contributed by atoms with Crippen molar-refractivity contribution in [3.05, 3.63) is 63.7 Å². The molecule has 0 atom stereocenters. The van der Waals surface area contributed by atoms with E-state index in [1.54, 1.807) is 26.0 Å². The molecule has 0 radical (unpaired) electrons. The van der Waals surface area contributed by atoms with Gasteiger partial charge in [0.2, 0.25) is 11.7 Å². The van der Waals surface area contributed by atoms with E-state index >= 15 is 0 Å². The van der Waals surface area contributed by atoms with Gasteiger partial charge in [-0.2, -0.15) is 0 Å². The Bertz CT molecular complexity index is 1090. The first-order valence-corrected chi connectivity index (χ1v) is 10.7. The number of hydrogen-bond acceptors (Lipinski definition) is 9. The molecule has 0 unspecified atom stereocenters. The molecule has 1 amide bonds. The number of nitro groups is 1. The topological polar surface area (TPSA) is 151 Å². The van der Waals surface area contributed by atoms with E-state index in [-0.39, 0.29) is 48.3 Å². The predicted octanol–water partition coefficient (Wildman–Crippen LogP) is 3.70. The second-order valence-corrected chi connectivity index (χ2v) is 7.66. The van der Waals surface area contributed by atoms with Crippen LogP contribution in [-0.2, 0) is 19.1 Å². The Labute approximate surface area is 201 Å². The van der Waals surface area contributed by atoms with E-state index in [4.69, 9.17) is 14.2 Å². The summed E-state index contributed by atoms with van der Waals surface area (Å²) in [7, 11) is 1.27. The Balaban J connectivity index is 1.74. The average molecular weight is 486 g/mol. The summed E-state index contributed by atoms with van der Waals surface area (Å²) in [6.45, 7) is 2.91. The average Bonchev–Trinajstić information content (AvgIpc) is 2.82. The van der Waals surface area contributed by atoms with Gasteiger partial charge in [-0.1, -0.05) is 0 Å². The second-order valence-electron chi connectivity index (χ2n) is 7.66. The van der Waals surface area contributed by atoms with Gasteiger partial charge in [-0.3, -0.25) is 24.5 Å². The fourth-order valence-corrected chi connectivity index (χ4v) is 2.90. The summed E-state index contributed by atoms with van der Waals surface area (Å²) in [5, 5.41) is 13.7. The third kappa shape index (κ3) is 8.54. The first-order chi connectivity index (χ1) is 16.6. The van der Waals surface area contributed by atoms with Crippen LogP contribution < -0.4 is 10.1 Å². The normalized spacial score (nSPS) is 10.4.